The normalized spacial score (nSPS) is 13.7. The van der Waals surface area contributed by atoms with E-state index < -0.39 is 5.41 Å². The van der Waals surface area contributed by atoms with Gasteiger partial charge in [-0.1, -0.05) is 32.9 Å². The zero-order valence-electron chi connectivity index (χ0n) is 16.3. The molecule has 1 aliphatic heterocycles. The van der Waals surface area contributed by atoms with E-state index in [0.717, 1.165) is 28.6 Å². The van der Waals surface area contributed by atoms with Gasteiger partial charge in [0.25, 0.3) is 5.91 Å². The largest absolute Gasteiger partial charge is 0.326 e. The van der Waals surface area contributed by atoms with Gasteiger partial charge in [-0.2, -0.15) is 0 Å². The lowest BCUT2D eigenvalue weighted by Crippen LogP contribution is -2.30. The summed E-state index contributed by atoms with van der Waals surface area (Å²) in [6.45, 7) is 6.34. The molecule has 4 rings (SSSR count). The van der Waals surface area contributed by atoms with Gasteiger partial charge in [-0.25, -0.2) is 0 Å². The van der Waals surface area contributed by atoms with Crippen molar-refractivity contribution in [3.63, 3.8) is 0 Å². The number of amides is 2. The fraction of sp³-hybridized carbons (Fsp3) is 0.261. The van der Waals surface area contributed by atoms with Gasteiger partial charge in [-0.05, 0) is 48.4 Å². The summed E-state index contributed by atoms with van der Waals surface area (Å²) >= 11 is 0. The van der Waals surface area contributed by atoms with Crippen molar-refractivity contribution in [1.29, 1.82) is 0 Å². The molecule has 1 N–H and O–H groups in total. The molecule has 0 saturated carbocycles. The molecule has 0 spiro atoms. The van der Waals surface area contributed by atoms with Crippen LogP contribution in [-0.4, -0.2) is 16.8 Å². The third kappa shape index (κ3) is 3.13. The monoisotopic (exact) mass is 373 g/mol. The van der Waals surface area contributed by atoms with Crippen LogP contribution in [0.3, 0.4) is 0 Å². The fourth-order valence-electron chi connectivity index (χ4n) is 3.28. The van der Waals surface area contributed by atoms with Crippen molar-refractivity contribution in [2.45, 2.75) is 33.7 Å². The molecule has 0 atom stereocenters. The van der Waals surface area contributed by atoms with Crippen molar-refractivity contribution < 1.29 is 9.59 Å². The molecule has 0 saturated heterocycles. The minimum absolute atomic E-state index is 0.0423. The third-order valence-electron chi connectivity index (χ3n) is 5.57. The molecule has 0 aliphatic carbocycles. The van der Waals surface area contributed by atoms with Crippen LogP contribution in [0.5, 0.6) is 0 Å². The standard InChI is InChI=1S/C23H23N3O2/c1-4-23(2,3)22(28)25-17-8-7-16-14-26(21(27)19(16)13-17)18-9-10-20-15(12-18)6-5-11-24-20/h5-13H,4,14H2,1-3H3,(H,25,28). The van der Waals surface area contributed by atoms with E-state index in [9.17, 15) is 9.59 Å². The predicted molar refractivity (Wildman–Crippen MR) is 111 cm³/mol. The summed E-state index contributed by atoms with van der Waals surface area (Å²) in [5.74, 6) is -0.0941. The summed E-state index contributed by atoms with van der Waals surface area (Å²) in [5.41, 5.74) is 3.55. The van der Waals surface area contributed by atoms with Gasteiger partial charge in [0.1, 0.15) is 0 Å². The Bertz CT molecular complexity index is 1090. The molecule has 1 aliphatic rings. The van der Waals surface area contributed by atoms with E-state index >= 15 is 0 Å². The Hall–Kier alpha value is -3.21. The smallest absolute Gasteiger partial charge is 0.259 e. The Kier molecular flexibility index (Phi) is 4.38. The molecule has 2 aromatic carbocycles. The Morgan fingerprint density at radius 1 is 1.18 bits per heavy atom. The number of nitrogens with zero attached hydrogens (tertiary/aromatic N) is 2. The summed E-state index contributed by atoms with van der Waals surface area (Å²) in [6, 6.07) is 15.3. The van der Waals surface area contributed by atoms with E-state index in [2.05, 4.69) is 10.3 Å². The van der Waals surface area contributed by atoms with Crippen LogP contribution in [0.15, 0.2) is 54.7 Å². The van der Waals surface area contributed by atoms with Crippen LogP contribution in [0.4, 0.5) is 11.4 Å². The van der Waals surface area contributed by atoms with Crippen molar-refractivity contribution in [3.05, 3.63) is 65.9 Å². The SMILES string of the molecule is CCC(C)(C)C(=O)Nc1ccc2c(c1)C(=O)N(c1ccc3ncccc3c1)C2. The zero-order valence-corrected chi connectivity index (χ0v) is 16.3. The molecule has 0 bridgehead atoms. The average molecular weight is 373 g/mol. The second-order valence-electron chi connectivity index (χ2n) is 7.84. The van der Waals surface area contributed by atoms with Gasteiger partial charge in [0.15, 0.2) is 0 Å². The van der Waals surface area contributed by atoms with Crippen LogP contribution >= 0.6 is 0 Å². The van der Waals surface area contributed by atoms with Crippen molar-refractivity contribution in [1.82, 2.24) is 4.98 Å². The highest BCUT2D eigenvalue weighted by atomic mass is 16.2. The number of hydrogen-bond donors (Lipinski definition) is 1. The number of carbonyl (C=O) groups excluding carboxylic acids is 2. The van der Waals surface area contributed by atoms with E-state index in [1.165, 1.54) is 0 Å². The Morgan fingerprint density at radius 3 is 2.79 bits per heavy atom. The third-order valence-corrected chi connectivity index (χ3v) is 5.57. The minimum atomic E-state index is -0.450. The summed E-state index contributed by atoms with van der Waals surface area (Å²) in [5, 5.41) is 3.94. The fourth-order valence-corrected chi connectivity index (χ4v) is 3.28. The van der Waals surface area contributed by atoms with Crippen molar-refractivity contribution in [2.75, 3.05) is 10.2 Å². The van der Waals surface area contributed by atoms with E-state index in [1.54, 1.807) is 17.2 Å². The van der Waals surface area contributed by atoms with E-state index in [4.69, 9.17) is 0 Å². The summed E-state index contributed by atoms with van der Waals surface area (Å²) in [7, 11) is 0. The summed E-state index contributed by atoms with van der Waals surface area (Å²) in [4.78, 5) is 31.6. The second kappa shape index (κ2) is 6.75. The quantitative estimate of drug-likeness (QED) is 0.716. The molecule has 5 nitrogen and oxygen atoms in total. The highest BCUT2D eigenvalue weighted by Crippen LogP contribution is 2.32. The number of pyridine rings is 1. The van der Waals surface area contributed by atoms with Gasteiger partial charge in [-0.3, -0.25) is 14.6 Å². The van der Waals surface area contributed by atoms with Crippen LogP contribution in [0.25, 0.3) is 10.9 Å². The molecule has 0 radical (unpaired) electrons. The number of benzene rings is 2. The lowest BCUT2D eigenvalue weighted by atomic mass is 9.89. The van der Waals surface area contributed by atoms with Gasteiger partial charge in [-0.15, -0.1) is 0 Å². The molecule has 0 unspecified atom stereocenters. The molecule has 28 heavy (non-hydrogen) atoms. The molecule has 5 heteroatoms. The van der Waals surface area contributed by atoms with E-state index in [-0.39, 0.29) is 11.8 Å². The Labute approximate surface area is 164 Å². The Morgan fingerprint density at radius 2 is 2.00 bits per heavy atom. The van der Waals surface area contributed by atoms with Gasteiger partial charge in [0, 0.05) is 33.9 Å². The molecular weight excluding hydrogens is 350 g/mol. The lowest BCUT2D eigenvalue weighted by Gasteiger charge is -2.21. The molecule has 0 fully saturated rings. The maximum atomic E-state index is 13.0. The van der Waals surface area contributed by atoms with Crippen LogP contribution < -0.4 is 10.2 Å². The van der Waals surface area contributed by atoms with Crippen LogP contribution in [0.2, 0.25) is 0 Å². The average Bonchev–Trinajstić information content (AvgIpc) is 3.03. The number of fused-ring (bicyclic) bond motifs is 2. The molecule has 142 valence electrons. The number of aromatic nitrogens is 1. The molecule has 2 heterocycles. The highest BCUT2D eigenvalue weighted by Gasteiger charge is 2.30. The number of nitrogens with one attached hydrogen (secondary N) is 1. The maximum absolute atomic E-state index is 13.0. The molecule has 3 aromatic rings. The number of hydrogen-bond acceptors (Lipinski definition) is 3. The highest BCUT2D eigenvalue weighted by molar-refractivity contribution is 6.11. The summed E-state index contributed by atoms with van der Waals surface area (Å²) in [6.07, 6.45) is 2.50. The number of carbonyl (C=O) groups is 2. The number of anilines is 2. The minimum Gasteiger partial charge on any atom is -0.326 e. The maximum Gasteiger partial charge on any atom is 0.259 e. The molecular formula is C23H23N3O2. The Balaban J connectivity index is 1.60. The topological polar surface area (TPSA) is 62.3 Å². The molecule has 2 amide bonds. The van der Waals surface area contributed by atoms with Crippen LogP contribution in [-0.2, 0) is 11.3 Å². The summed E-state index contributed by atoms with van der Waals surface area (Å²) < 4.78 is 0. The second-order valence-corrected chi connectivity index (χ2v) is 7.84. The van der Waals surface area contributed by atoms with Gasteiger partial charge >= 0.3 is 0 Å². The van der Waals surface area contributed by atoms with Crippen molar-refractivity contribution in [3.8, 4) is 0 Å². The predicted octanol–water partition coefficient (Wildman–Crippen LogP) is 4.77. The first-order chi connectivity index (χ1) is 13.4. The number of rotatable bonds is 4. The van der Waals surface area contributed by atoms with E-state index in [0.29, 0.717) is 17.8 Å². The van der Waals surface area contributed by atoms with Gasteiger partial charge in [0.05, 0.1) is 12.1 Å². The van der Waals surface area contributed by atoms with Crippen molar-refractivity contribution >= 4 is 34.1 Å². The first-order valence-electron chi connectivity index (χ1n) is 9.50. The zero-order chi connectivity index (χ0) is 19.9. The van der Waals surface area contributed by atoms with Gasteiger partial charge < -0.3 is 10.2 Å². The van der Waals surface area contributed by atoms with Gasteiger partial charge in [0.2, 0.25) is 5.91 Å². The van der Waals surface area contributed by atoms with Crippen LogP contribution in [0.1, 0.15) is 43.1 Å². The van der Waals surface area contributed by atoms with Crippen LogP contribution in [0, 0.1) is 5.41 Å². The molecule has 1 aromatic heterocycles. The lowest BCUT2D eigenvalue weighted by molar-refractivity contribution is -0.124. The van der Waals surface area contributed by atoms with Crippen molar-refractivity contribution in [2.24, 2.45) is 5.41 Å². The first kappa shape index (κ1) is 18.2. The van der Waals surface area contributed by atoms with E-state index in [1.807, 2.05) is 63.2 Å². The first-order valence-corrected chi connectivity index (χ1v) is 9.50.